The lowest BCUT2D eigenvalue weighted by atomic mass is 10.1. The monoisotopic (exact) mass is 366 g/mol. The number of ether oxygens (including phenoxy) is 1. The first-order valence-corrected chi connectivity index (χ1v) is 9.53. The van der Waals surface area contributed by atoms with E-state index in [0.717, 1.165) is 48.6 Å². The molecule has 1 aromatic heterocycles. The molecule has 0 bridgehead atoms. The fourth-order valence-electron chi connectivity index (χ4n) is 3.61. The van der Waals surface area contributed by atoms with Crippen LogP contribution in [0.15, 0.2) is 54.9 Å². The predicted molar refractivity (Wildman–Crippen MR) is 107 cm³/mol. The van der Waals surface area contributed by atoms with Gasteiger partial charge in [0.05, 0.1) is 0 Å². The van der Waals surface area contributed by atoms with Gasteiger partial charge in [-0.3, -0.25) is 9.88 Å². The maximum absolute atomic E-state index is 6.34. The van der Waals surface area contributed by atoms with E-state index in [1.165, 1.54) is 16.5 Å². The third-order valence-corrected chi connectivity index (χ3v) is 5.29. The zero-order valence-corrected chi connectivity index (χ0v) is 15.7. The minimum Gasteiger partial charge on any atom is -0.490 e. The molecular formula is C22H23ClN2O. The largest absolute Gasteiger partial charge is 0.490 e. The molecule has 1 aliphatic rings. The van der Waals surface area contributed by atoms with Crippen molar-refractivity contribution in [1.82, 2.24) is 9.88 Å². The van der Waals surface area contributed by atoms with Crippen LogP contribution in [-0.4, -0.2) is 29.1 Å². The summed E-state index contributed by atoms with van der Waals surface area (Å²) >= 11 is 6.09. The van der Waals surface area contributed by atoms with Crippen molar-refractivity contribution in [2.75, 3.05) is 13.1 Å². The lowest BCUT2D eigenvalue weighted by Gasteiger charge is -2.32. The minimum atomic E-state index is 0.281. The van der Waals surface area contributed by atoms with E-state index in [-0.39, 0.29) is 6.10 Å². The molecular weight excluding hydrogens is 344 g/mol. The minimum absolute atomic E-state index is 0.281. The van der Waals surface area contributed by atoms with Crippen LogP contribution < -0.4 is 4.74 Å². The molecule has 2 aromatic carbocycles. The molecule has 3 aromatic rings. The summed E-state index contributed by atoms with van der Waals surface area (Å²) in [4.78, 5) is 6.67. The Kier molecular flexibility index (Phi) is 5.09. The molecule has 134 valence electrons. The zero-order valence-electron chi connectivity index (χ0n) is 15.0. The molecule has 4 heteroatoms. The van der Waals surface area contributed by atoms with Gasteiger partial charge in [-0.05, 0) is 66.6 Å². The Morgan fingerprint density at radius 3 is 2.77 bits per heavy atom. The lowest BCUT2D eigenvalue weighted by Crippen LogP contribution is -2.37. The Hall–Kier alpha value is -2.10. The number of aromatic nitrogens is 1. The van der Waals surface area contributed by atoms with Gasteiger partial charge in [0.1, 0.15) is 11.9 Å². The van der Waals surface area contributed by atoms with Crippen molar-refractivity contribution in [2.24, 2.45) is 0 Å². The number of piperidine rings is 1. The number of halogens is 1. The molecule has 0 atom stereocenters. The highest BCUT2D eigenvalue weighted by atomic mass is 35.5. The molecule has 0 radical (unpaired) electrons. The Balaban J connectivity index is 1.37. The molecule has 0 unspecified atom stereocenters. The van der Waals surface area contributed by atoms with Gasteiger partial charge in [-0.15, -0.1) is 0 Å². The first kappa shape index (κ1) is 17.3. The predicted octanol–water partition coefficient (Wildman–Crippen LogP) is 5.24. The molecule has 1 aliphatic heterocycles. The molecule has 0 aliphatic carbocycles. The van der Waals surface area contributed by atoms with E-state index in [2.05, 4.69) is 41.1 Å². The average molecular weight is 367 g/mol. The van der Waals surface area contributed by atoms with E-state index in [1.807, 2.05) is 30.6 Å². The number of hydrogen-bond acceptors (Lipinski definition) is 3. The van der Waals surface area contributed by atoms with Crippen molar-refractivity contribution in [3.8, 4) is 5.75 Å². The Morgan fingerprint density at radius 2 is 1.96 bits per heavy atom. The van der Waals surface area contributed by atoms with Crippen LogP contribution in [0.5, 0.6) is 5.75 Å². The van der Waals surface area contributed by atoms with Crippen molar-refractivity contribution >= 4 is 22.4 Å². The highest BCUT2D eigenvalue weighted by Crippen LogP contribution is 2.28. The van der Waals surface area contributed by atoms with E-state index >= 15 is 0 Å². The second kappa shape index (κ2) is 7.65. The molecule has 26 heavy (non-hydrogen) atoms. The molecule has 2 heterocycles. The average Bonchev–Trinajstić information content (AvgIpc) is 2.64. The van der Waals surface area contributed by atoms with Gasteiger partial charge in [-0.1, -0.05) is 23.7 Å². The van der Waals surface area contributed by atoms with Crippen molar-refractivity contribution in [2.45, 2.75) is 32.4 Å². The summed E-state index contributed by atoms with van der Waals surface area (Å²) in [6, 6.07) is 14.5. The number of benzene rings is 2. The Bertz CT molecular complexity index is 904. The standard InChI is InChI=1S/C22H23ClN2O/c1-16-11-19-14-24-8-5-18(19)13-22(16)26-21-6-9-25(10-7-21)15-17-3-2-4-20(23)12-17/h2-5,8,11-14,21H,6-7,9-10,15H2,1H3. The van der Waals surface area contributed by atoms with Crippen molar-refractivity contribution in [1.29, 1.82) is 0 Å². The molecule has 4 rings (SSSR count). The van der Waals surface area contributed by atoms with Gasteiger partial charge < -0.3 is 4.74 Å². The summed E-state index contributed by atoms with van der Waals surface area (Å²) in [5.41, 5.74) is 2.45. The van der Waals surface area contributed by atoms with Gasteiger partial charge in [0.2, 0.25) is 0 Å². The first-order valence-electron chi connectivity index (χ1n) is 9.15. The maximum atomic E-state index is 6.34. The van der Waals surface area contributed by atoms with Gasteiger partial charge in [0.15, 0.2) is 0 Å². The number of hydrogen-bond donors (Lipinski definition) is 0. The second-order valence-electron chi connectivity index (χ2n) is 7.06. The molecule has 1 saturated heterocycles. The highest BCUT2D eigenvalue weighted by molar-refractivity contribution is 6.30. The quantitative estimate of drug-likeness (QED) is 0.631. The molecule has 0 amide bonds. The number of fused-ring (bicyclic) bond motifs is 1. The number of nitrogens with zero attached hydrogens (tertiary/aromatic N) is 2. The zero-order chi connectivity index (χ0) is 17.9. The van der Waals surface area contributed by atoms with E-state index in [0.29, 0.717) is 0 Å². The summed E-state index contributed by atoms with van der Waals surface area (Å²) in [5.74, 6) is 0.997. The lowest BCUT2D eigenvalue weighted by molar-refractivity contribution is 0.0964. The van der Waals surface area contributed by atoms with Gasteiger partial charge in [-0.25, -0.2) is 0 Å². The number of aryl methyl sites for hydroxylation is 1. The Labute approximate surface area is 159 Å². The first-order chi connectivity index (χ1) is 12.7. The van der Waals surface area contributed by atoms with Crippen LogP contribution in [0.2, 0.25) is 5.02 Å². The fourth-order valence-corrected chi connectivity index (χ4v) is 3.83. The maximum Gasteiger partial charge on any atom is 0.123 e. The highest BCUT2D eigenvalue weighted by Gasteiger charge is 2.21. The molecule has 0 N–H and O–H groups in total. The number of pyridine rings is 1. The Morgan fingerprint density at radius 1 is 1.12 bits per heavy atom. The second-order valence-corrected chi connectivity index (χ2v) is 7.50. The summed E-state index contributed by atoms with van der Waals surface area (Å²) in [7, 11) is 0. The normalized spacial score (nSPS) is 16.1. The van der Waals surface area contributed by atoms with E-state index in [4.69, 9.17) is 16.3 Å². The van der Waals surface area contributed by atoms with Crippen LogP contribution >= 0.6 is 11.6 Å². The van der Waals surface area contributed by atoms with Crippen molar-refractivity contribution < 1.29 is 4.74 Å². The van der Waals surface area contributed by atoms with Gasteiger partial charge >= 0.3 is 0 Å². The topological polar surface area (TPSA) is 25.4 Å². The van der Waals surface area contributed by atoms with E-state index < -0.39 is 0 Å². The van der Waals surface area contributed by atoms with Crippen LogP contribution in [0.1, 0.15) is 24.0 Å². The van der Waals surface area contributed by atoms with Crippen LogP contribution in [0.4, 0.5) is 0 Å². The molecule has 0 saturated carbocycles. The van der Waals surface area contributed by atoms with E-state index in [1.54, 1.807) is 0 Å². The SMILES string of the molecule is Cc1cc2cnccc2cc1OC1CCN(Cc2cccc(Cl)c2)CC1. The van der Waals surface area contributed by atoms with Crippen LogP contribution in [0.3, 0.4) is 0 Å². The number of rotatable bonds is 4. The molecule has 0 spiro atoms. The summed E-state index contributed by atoms with van der Waals surface area (Å²) < 4.78 is 6.34. The molecule has 1 fully saturated rings. The van der Waals surface area contributed by atoms with Crippen LogP contribution in [-0.2, 0) is 6.54 Å². The van der Waals surface area contributed by atoms with Crippen molar-refractivity contribution in [3.63, 3.8) is 0 Å². The summed E-state index contributed by atoms with van der Waals surface area (Å²) in [6.45, 7) is 5.16. The third kappa shape index (κ3) is 4.00. The summed E-state index contributed by atoms with van der Waals surface area (Å²) in [6.07, 6.45) is 6.11. The molecule has 3 nitrogen and oxygen atoms in total. The van der Waals surface area contributed by atoms with Gasteiger partial charge in [0, 0.05) is 42.4 Å². The number of likely N-dealkylation sites (tertiary alicyclic amines) is 1. The van der Waals surface area contributed by atoms with E-state index in [9.17, 15) is 0 Å². The smallest absolute Gasteiger partial charge is 0.123 e. The fraction of sp³-hybridized carbons (Fsp3) is 0.318. The van der Waals surface area contributed by atoms with Crippen LogP contribution in [0, 0.1) is 6.92 Å². The summed E-state index contributed by atoms with van der Waals surface area (Å²) in [5, 5.41) is 3.15. The van der Waals surface area contributed by atoms with Gasteiger partial charge in [-0.2, -0.15) is 0 Å². The van der Waals surface area contributed by atoms with Crippen molar-refractivity contribution in [3.05, 3.63) is 71.0 Å². The van der Waals surface area contributed by atoms with Gasteiger partial charge in [0.25, 0.3) is 0 Å². The van der Waals surface area contributed by atoms with Crippen LogP contribution in [0.25, 0.3) is 10.8 Å². The third-order valence-electron chi connectivity index (χ3n) is 5.06.